The van der Waals surface area contributed by atoms with Gasteiger partial charge in [-0.2, -0.15) is 0 Å². The SMILES string of the molecule is CC(C)(C)C1CN(Cc2cccc(Cl)c2F)C(C)(C)CN1. The molecule has 0 radical (unpaired) electrons. The highest BCUT2D eigenvalue weighted by Crippen LogP contribution is 2.29. The first-order valence-electron chi connectivity index (χ1n) is 7.52. The molecule has 0 spiro atoms. The van der Waals surface area contributed by atoms with Crippen LogP contribution in [-0.2, 0) is 6.54 Å². The van der Waals surface area contributed by atoms with Gasteiger partial charge in [-0.25, -0.2) is 4.39 Å². The minimum atomic E-state index is -0.291. The number of nitrogens with one attached hydrogen (secondary N) is 1. The largest absolute Gasteiger partial charge is 0.310 e. The number of rotatable bonds is 2. The Labute approximate surface area is 132 Å². The van der Waals surface area contributed by atoms with Crippen LogP contribution in [0.4, 0.5) is 4.39 Å². The molecule has 0 aliphatic carbocycles. The Morgan fingerprint density at radius 1 is 1.38 bits per heavy atom. The third-order valence-corrected chi connectivity index (χ3v) is 4.77. The quantitative estimate of drug-likeness (QED) is 0.885. The summed E-state index contributed by atoms with van der Waals surface area (Å²) in [5, 5.41) is 3.83. The molecule has 118 valence electrons. The van der Waals surface area contributed by atoms with Gasteiger partial charge >= 0.3 is 0 Å². The molecule has 21 heavy (non-hydrogen) atoms. The second-order valence-corrected chi connectivity index (χ2v) is 8.11. The van der Waals surface area contributed by atoms with Gasteiger partial charge < -0.3 is 5.32 Å². The average molecular weight is 313 g/mol. The fourth-order valence-corrected chi connectivity index (χ4v) is 2.95. The molecular formula is C17H26ClFN2. The lowest BCUT2D eigenvalue weighted by molar-refractivity contribution is 0.0288. The molecule has 1 heterocycles. The van der Waals surface area contributed by atoms with Crippen molar-refractivity contribution in [1.29, 1.82) is 0 Å². The van der Waals surface area contributed by atoms with Crippen LogP contribution in [0.1, 0.15) is 40.2 Å². The van der Waals surface area contributed by atoms with Crippen molar-refractivity contribution in [3.8, 4) is 0 Å². The smallest absolute Gasteiger partial charge is 0.146 e. The molecule has 1 aliphatic heterocycles. The summed E-state index contributed by atoms with van der Waals surface area (Å²) in [4.78, 5) is 2.36. The highest BCUT2D eigenvalue weighted by atomic mass is 35.5. The summed E-state index contributed by atoms with van der Waals surface area (Å²) in [6, 6.07) is 5.64. The third kappa shape index (κ3) is 3.77. The Morgan fingerprint density at radius 2 is 2.05 bits per heavy atom. The molecule has 1 N–H and O–H groups in total. The Bertz CT molecular complexity index is 508. The molecule has 2 rings (SSSR count). The van der Waals surface area contributed by atoms with E-state index in [4.69, 9.17) is 11.6 Å². The molecule has 1 aliphatic rings. The van der Waals surface area contributed by atoms with Crippen molar-refractivity contribution in [2.75, 3.05) is 13.1 Å². The van der Waals surface area contributed by atoms with E-state index in [-0.39, 0.29) is 21.8 Å². The van der Waals surface area contributed by atoms with E-state index in [0.717, 1.165) is 13.1 Å². The van der Waals surface area contributed by atoms with Crippen LogP contribution in [0.15, 0.2) is 18.2 Å². The van der Waals surface area contributed by atoms with Crippen molar-refractivity contribution in [2.45, 2.75) is 52.7 Å². The molecule has 0 aromatic heterocycles. The summed E-state index contributed by atoms with van der Waals surface area (Å²) in [5.41, 5.74) is 0.850. The molecule has 1 aromatic carbocycles. The van der Waals surface area contributed by atoms with Gasteiger partial charge in [0, 0.05) is 36.8 Å². The van der Waals surface area contributed by atoms with E-state index in [9.17, 15) is 4.39 Å². The van der Waals surface area contributed by atoms with Crippen LogP contribution in [0.2, 0.25) is 5.02 Å². The highest BCUT2D eigenvalue weighted by molar-refractivity contribution is 6.30. The molecule has 0 bridgehead atoms. The standard InChI is InChI=1S/C17H26ClFN2/c1-16(2,3)14-10-21(17(4,5)11-20-14)9-12-7-6-8-13(18)15(12)19/h6-8,14,20H,9-11H2,1-5H3. The fourth-order valence-electron chi connectivity index (χ4n) is 2.75. The summed E-state index contributed by atoms with van der Waals surface area (Å²) in [5.74, 6) is -0.291. The maximum absolute atomic E-state index is 14.2. The molecule has 1 aromatic rings. The van der Waals surface area contributed by atoms with Crippen LogP contribution in [0, 0.1) is 11.2 Å². The van der Waals surface area contributed by atoms with Crippen LogP contribution in [0.25, 0.3) is 0 Å². The van der Waals surface area contributed by atoms with E-state index >= 15 is 0 Å². The van der Waals surface area contributed by atoms with E-state index in [1.54, 1.807) is 6.07 Å². The van der Waals surface area contributed by atoms with E-state index in [1.807, 2.05) is 12.1 Å². The molecule has 1 atom stereocenters. The predicted molar refractivity (Wildman–Crippen MR) is 87.1 cm³/mol. The zero-order chi connectivity index (χ0) is 15.8. The lowest BCUT2D eigenvalue weighted by Gasteiger charge is -2.49. The predicted octanol–water partition coefficient (Wildman–Crippen LogP) is 4.08. The van der Waals surface area contributed by atoms with Gasteiger partial charge in [0.2, 0.25) is 0 Å². The first kappa shape index (κ1) is 16.7. The maximum atomic E-state index is 14.2. The number of hydrogen-bond acceptors (Lipinski definition) is 2. The lowest BCUT2D eigenvalue weighted by atomic mass is 9.82. The lowest BCUT2D eigenvalue weighted by Crippen LogP contribution is -2.64. The molecule has 4 heteroatoms. The first-order chi connectivity index (χ1) is 9.61. The zero-order valence-corrected chi connectivity index (χ0v) is 14.4. The third-order valence-electron chi connectivity index (χ3n) is 4.48. The Hall–Kier alpha value is -0.640. The fraction of sp³-hybridized carbons (Fsp3) is 0.647. The monoisotopic (exact) mass is 312 g/mol. The summed E-state index contributed by atoms with van der Waals surface area (Å²) in [7, 11) is 0. The number of piperazine rings is 1. The zero-order valence-electron chi connectivity index (χ0n) is 13.6. The average Bonchev–Trinajstić information content (AvgIpc) is 2.35. The van der Waals surface area contributed by atoms with E-state index in [0.29, 0.717) is 18.2 Å². The van der Waals surface area contributed by atoms with Gasteiger partial charge in [0.05, 0.1) is 5.02 Å². The first-order valence-corrected chi connectivity index (χ1v) is 7.90. The van der Waals surface area contributed by atoms with Gasteiger partial charge in [-0.15, -0.1) is 0 Å². The van der Waals surface area contributed by atoms with Crippen molar-refractivity contribution >= 4 is 11.6 Å². The Balaban J connectivity index is 2.21. The molecule has 1 fully saturated rings. The maximum Gasteiger partial charge on any atom is 0.146 e. The van der Waals surface area contributed by atoms with Gasteiger partial charge in [0.15, 0.2) is 0 Å². The van der Waals surface area contributed by atoms with Gasteiger partial charge in [0.25, 0.3) is 0 Å². The number of hydrogen-bond donors (Lipinski definition) is 1. The van der Waals surface area contributed by atoms with Crippen molar-refractivity contribution in [2.24, 2.45) is 5.41 Å². The highest BCUT2D eigenvalue weighted by Gasteiger charge is 2.38. The summed E-state index contributed by atoms with van der Waals surface area (Å²) >= 11 is 5.90. The van der Waals surface area contributed by atoms with E-state index in [1.165, 1.54) is 0 Å². The normalized spacial score (nSPS) is 23.3. The summed E-state index contributed by atoms with van der Waals surface area (Å²) < 4.78 is 14.2. The Kier molecular flexibility index (Phi) is 4.67. The van der Waals surface area contributed by atoms with Crippen molar-refractivity contribution in [3.05, 3.63) is 34.6 Å². The van der Waals surface area contributed by atoms with Gasteiger partial charge in [-0.05, 0) is 25.3 Å². The molecule has 1 saturated heterocycles. The summed E-state index contributed by atoms with van der Waals surface area (Å²) in [6.07, 6.45) is 0. The minimum Gasteiger partial charge on any atom is -0.310 e. The van der Waals surface area contributed by atoms with Crippen LogP contribution >= 0.6 is 11.6 Å². The molecule has 0 saturated carbocycles. The van der Waals surface area contributed by atoms with E-state index in [2.05, 4.69) is 44.8 Å². The van der Waals surface area contributed by atoms with Crippen LogP contribution in [0.5, 0.6) is 0 Å². The number of benzene rings is 1. The summed E-state index contributed by atoms with van der Waals surface area (Å²) in [6.45, 7) is 13.5. The molecule has 0 amide bonds. The van der Waals surface area contributed by atoms with Gasteiger partial charge in [-0.3, -0.25) is 4.90 Å². The van der Waals surface area contributed by atoms with Gasteiger partial charge in [-0.1, -0.05) is 44.5 Å². The minimum absolute atomic E-state index is 0.00346. The van der Waals surface area contributed by atoms with Crippen LogP contribution < -0.4 is 5.32 Å². The molecule has 2 nitrogen and oxygen atoms in total. The second kappa shape index (κ2) is 5.86. The second-order valence-electron chi connectivity index (χ2n) is 7.71. The van der Waals surface area contributed by atoms with Crippen molar-refractivity contribution < 1.29 is 4.39 Å². The van der Waals surface area contributed by atoms with Crippen molar-refractivity contribution in [3.63, 3.8) is 0 Å². The van der Waals surface area contributed by atoms with Crippen LogP contribution in [-0.4, -0.2) is 29.6 Å². The number of halogens is 2. The van der Waals surface area contributed by atoms with Crippen molar-refractivity contribution in [1.82, 2.24) is 10.2 Å². The Morgan fingerprint density at radius 3 is 2.67 bits per heavy atom. The van der Waals surface area contributed by atoms with E-state index < -0.39 is 0 Å². The number of nitrogens with zero attached hydrogens (tertiary/aromatic N) is 1. The molecular weight excluding hydrogens is 287 g/mol. The van der Waals surface area contributed by atoms with Gasteiger partial charge in [0.1, 0.15) is 5.82 Å². The topological polar surface area (TPSA) is 15.3 Å². The molecule has 1 unspecified atom stereocenters. The van der Waals surface area contributed by atoms with Crippen LogP contribution in [0.3, 0.4) is 0 Å².